The molecule has 0 saturated carbocycles. The Morgan fingerprint density at radius 3 is 1.69 bits per heavy atom. The maximum Gasteiger partial charge on any atom is 0.317 e. The highest BCUT2D eigenvalue weighted by atomic mass is 79.9. The number of alkyl halides is 1. The lowest BCUT2D eigenvalue weighted by atomic mass is 9.77. The summed E-state index contributed by atoms with van der Waals surface area (Å²) < 4.78 is 7.87. The van der Waals surface area contributed by atoms with E-state index in [1.165, 1.54) is 0 Å². The Hall–Kier alpha value is -3.25. The Morgan fingerprint density at radius 1 is 0.861 bits per heavy atom. The summed E-state index contributed by atoms with van der Waals surface area (Å²) >= 11 is 3.23. The third kappa shape index (κ3) is 4.74. The number of carbonyl (C=O) groups is 1. The summed E-state index contributed by atoms with van der Waals surface area (Å²) in [5.74, 6) is 0.174. The van der Waals surface area contributed by atoms with E-state index >= 15 is 0 Å². The van der Waals surface area contributed by atoms with Crippen LogP contribution >= 0.6 is 15.9 Å². The van der Waals surface area contributed by atoms with Crippen molar-refractivity contribution in [3.05, 3.63) is 120 Å². The van der Waals surface area contributed by atoms with Crippen molar-refractivity contribution >= 4 is 21.9 Å². The lowest BCUT2D eigenvalue weighted by molar-refractivity contribution is -0.154. The van der Waals surface area contributed by atoms with Crippen molar-refractivity contribution in [2.75, 3.05) is 5.33 Å². The third-order valence-corrected chi connectivity index (χ3v) is 7.73. The van der Waals surface area contributed by atoms with Crippen molar-refractivity contribution in [1.29, 1.82) is 0 Å². The molecule has 6 heteroatoms. The van der Waals surface area contributed by atoms with Crippen LogP contribution in [0.5, 0.6) is 0 Å². The molecule has 0 aliphatic carbocycles. The van der Waals surface area contributed by atoms with Gasteiger partial charge in [-0.2, -0.15) is 5.10 Å². The molecule has 0 spiro atoms. The minimum atomic E-state index is -0.770. The lowest BCUT2D eigenvalue weighted by Crippen LogP contribution is -2.38. The molecular formula is C30H32BrN3O2. The van der Waals surface area contributed by atoms with Gasteiger partial charge in [0.2, 0.25) is 0 Å². The van der Waals surface area contributed by atoms with Gasteiger partial charge in [0.05, 0.1) is 0 Å². The van der Waals surface area contributed by atoms with Crippen LogP contribution < -0.4 is 0 Å². The molecule has 1 atom stereocenters. The standard InChI is InChI=1S/C30H32BrN3O2/c1-4-29(3,5-2)27(36-26(35)21-31)28-32-22-34(33-28)30(23-15-9-6-10-16-23,24-17-11-7-12-18-24)25-19-13-8-14-20-25/h6-20,22,27H,4-5,21H2,1-3H3. The molecule has 0 saturated heterocycles. The van der Waals surface area contributed by atoms with Crippen molar-refractivity contribution in [1.82, 2.24) is 14.8 Å². The summed E-state index contributed by atoms with van der Waals surface area (Å²) in [6.07, 6.45) is 2.83. The minimum absolute atomic E-state index is 0.121. The molecule has 1 unspecified atom stereocenters. The van der Waals surface area contributed by atoms with Crippen LogP contribution in [0.15, 0.2) is 97.3 Å². The van der Waals surface area contributed by atoms with Crippen LogP contribution in [0.2, 0.25) is 0 Å². The number of benzene rings is 3. The van der Waals surface area contributed by atoms with Gasteiger partial charge in [-0.05, 0) is 29.5 Å². The van der Waals surface area contributed by atoms with Crippen molar-refractivity contribution in [2.45, 2.75) is 45.3 Å². The van der Waals surface area contributed by atoms with E-state index in [1.54, 1.807) is 6.33 Å². The van der Waals surface area contributed by atoms with Gasteiger partial charge in [0.1, 0.15) is 17.2 Å². The second-order valence-electron chi connectivity index (χ2n) is 9.22. The molecule has 0 aliphatic heterocycles. The molecule has 1 aromatic heterocycles. The predicted molar refractivity (Wildman–Crippen MR) is 146 cm³/mol. The maximum absolute atomic E-state index is 12.4. The monoisotopic (exact) mass is 545 g/mol. The van der Waals surface area contributed by atoms with E-state index in [4.69, 9.17) is 14.8 Å². The largest absolute Gasteiger partial charge is 0.453 e. The fraction of sp³-hybridized carbons (Fsp3) is 0.300. The van der Waals surface area contributed by atoms with Crippen LogP contribution in [0.4, 0.5) is 0 Å². The zero-order chi connectivity index (χ0) is 25.6. The summed E-state index contributed by atoms with van der Waals surface area (Å²) in [4.78, 5) is 17.2. The minimum Gasteiger partial charge on any atom is -0.453 e. The molecule has 4 rings (SSSR count). The van der Waals surface area contributed by atoms with Crippen LogP contribution in [0, 0.1) is 5.41 Å². The van der Waals surface area contributed by atoms with E-state index in [0.717, 1.165) is 29.5 Å². The van der Waals surface area contributed by atoms with Gasteiger partial charge in [-0.15, -0.1) is 0 Å². The summed E-state index contributed by atoms with van der Waals surface area (Å²) in [5, 5.41) is 5.20. The number of nitrogens with zero attached hydrogens (tertiary/aromatic N) is 3. The van der Waals surface area contributed by atoms with Gasteiger partial charge in [-0.1, -0.05) is 128 Å². The fourth-order valence-electron chi connectivity index (χ4n) is 4.78. The van der Waals surface area contributed by atoms with E-state index < -0.39 is 11.6 Å². The van der Waals surface area contributed by atoms with Gasteiger partial charge < -0.3 is 4.74 Å². The van der Waals surface area contributed by atoms with Gasteiger partial charge in [-0.25, -0.2) is 9.67 Å². The molecule has 0 amide bonds. The summed E-state index contributed by atoms with van der Waals surface area (Å²) in [5.41, 5.74) is 2.09. The van der Waals surface area contributed by atoms with Gasteiger partial charge >= 0.3 is 5.97 Å². The number of carbonyl (C=O) groups excluding carboxylic acids is 1. The van der Waals surface area contributed by atoms with E-state index in [9.17, 15) is 4.79 Å². The molecule has 1 heterocycles. The molecule has 186 valence electrons. The van der Waals surface area contributed by atoms with Crippen LogP contribution in [0.1, 0.15) is 62.2 Å². The summed E-state index contributed by atoms with van der Waals surface area (Å²) in [6, 6.07) is 31.0. The molecule has 4 aromatic rings. The molecule has 0 radical (unpaired) electrons. The van der Waals surface area contributed by atoms with Crippen molar-refractivity contribution in [3.63, 3.8) is 0 Å². The van der Waals surface area contributed by atoms with Crippen molar-refractivity contribution < 1.29 is 9.53 Å². The lowest BCUT2D eigenvalue weighted by Gasteiger charge is -2.36. The first-order chi connectivity index (χ1) is 17.5. The average Bonchev–Trinajstić information content (AvgIpc) is 3.43. The van der Waals surface area contributed by atoms with Crippen LogP contribution in [-0.4, -0.2) is 26.1 Å². The molecule has 36 heavy (non-hydrogen) atoms. The first-order valence-electron chi connectivity index (χ1n) is 12.3. The summed E-state index contributed by atoms with van der Waals surface area (Å²) in [6.45, 7) is 6.34. The van der Waals surface area contributed by atoms with Crippen LogP contribution in [0.3, 0.4) is 0 Å². The molecule has 0 aliphatic rings. The van der Waals surface area contributed by atoms with Crippen molar-refractivity contribution in [2.24, 2.45) is 5.41 Å². The van der Waals surface area contributed by atoms with E-state index in [0.29, 0.717) is 5.82 Å². The number of aromatic nitrogens is 3. The highest BCUT2D eigenvalue weighted by molar-refractivity contribution is 9.09. The highest BCUT2D eigenvalue weighted by Gasteiger charge is 2.42. The Bertz CT molecular complexity index is 1160. The molecular weight excluding hydrogens is 514 g/mol. The topological polar surface area (TPSA) is 57.0 Å². The molecule has 0 fully saturated rings. The number of rotatable bonds is 10. The first-order valence-corrected chi connectivity index (χ1v) is 13.5. The molecule has 0 bridgehead atoms. The zero-order valence-electron chi connectivity index (χ0n) is 21.0. The van der Waals surface area contributed by atoms with Crippen molar-refractivity contribution in [3.8, 4) is 0 Å². The predicted octanol–water partition coefficient (Wildman–Crippen LogP) is 6.92. The third-order valence-electron chi connectivity index (χ3n) is 7.27. The highest BCUT2D eigenvalue weighted by Crippen LogP contribution is 2.44. The number of hydrogen-bond acceptors (Lipinski definition) is 4. The van der Waals surface area contributed by atoms with Crippen LogP contribution in [-0.2, 0) is 15.1 Å². The molecule has 0 N–H and O–H groups in total. The quantitative estimate of drug-likeness (QED) is 0.123. The number of esters is 1. The van der Waals surface area contributed by atoms with E-state index in [1.807, 2.05) is 59.3 Å². The average molecular weight is 547 g/mol. The number of hydrogen-bond donors (Lipinski definition) is 0. The normalized spacial score (nSPS) is 12.8. The Labute approximate surface area is 221 Å². The van der Waals surface area contributed by atoms with Gasteiger partial charge in [0.25, 0.3) is 0 Å². The Morgan fingerprint density at radius 2 is 1.31 bits per heavy atom. The molecule has 5 nitrogen and oxygen atoms in total. The fourth-order valence-corrected chi connectivity index (χ4v) is 4.92. The second-order valence-corrected chi connectivity index (χ2v) is 9.78. The maximum atomic E-state index is 12.4. The smallest absolute Gasteiger partial charge is 0.317 e. The Balaban J connectivity index is 1.98. The zero-order valence-corrected chi connectivity index (χ0v) is 22.6. The SMILES string of the molecule is CCC(C)(CC)C(OC(=O)CBr)c1ncn(C(c2ccccc2)(c2ccccc2)c2ccccc2)n1. The first kappa shape index (κ1) is 25.8. The molecule has 3 aromatic carbocycles. The van der Waals surface area contributed by atoms with Crippen LogP contribution in [0.25, 0.3) is 0 Å². The van der Waals surface area contributed by atoms with E-state index in [-0.39, 0.29) is 16.7 Å². The number of halogens is 1. The van der Waals surface area contributed by atoms with Gasteiger partial charge in [-0.3, -0.25) is 4.79 Å². The van der Waals surface area contributed by atoms with E-state index in [2.05, 4.69) is 73.1 Å². The number of ether oxygens (including phenoxy) is 1. The van der Waals surface area contributed by atoms with Gasteiger partial charge in [0, 0.05) is 5.41 Å². The Kier molecular flexibility index (Phi) is 8.04. The second kappa shape index (κ2) is 11.2. The van der Waals surface area contributed by atoms with Gasteiger partial charge in [0.15, 0.2) is 11.9 Å². The summed E-state index contributed by atoms with van der Waals surface area (Å²) in [7, 11) is 0.